The van der Waals surface area contributed by atoms with Crippen LogP contribution in [0.2, 0.25) is 0 Å². The van der Waals surface area contributed by atoms with Crippen LogP contribution in [0, 0.1) is 0 Å². The minimum Gasteiger partial charge on any atom is -0.493 e. The smallest absolute Gasteiger partial charge is 0.261 e. The van der Waals surface area contributed by atoms with Crippen LogP contribution in [0.5, 0.6) is 11.5 Å². The normalized spacial score (nSPS) is 13.2. The summed E-state index contributed by atoms with van der Waals surface area (Å²) < 4.78 is 11.1. The zero-order chi connectivity index (χ0) is 20.8. The molecule has 0 fully saturated rings. The fourth-order valence-corrected chi connectivity index (χ4v) is 3.37. The van der Waals surface area contributed by atoms with E-state index in [4.69, 9.17) is 9.47 Å². The quantitative estimate of drug-likeness (QED) is 0.490. The van der Waals surface area contributed by atoms with E-state index in [2.05, 4.69) is 5.32 Å². The van der Waals surface area contributed by atoms with Crippen molar-refractivity contribution in [3.05, 3.63) is 59.2 Å². The molecule has 2 aromatic carbocycles. The van der Waals surface area contributed by atoms with E-state index in [9.17, 15) is 9.59 Å². The SMILES string of the molecule is COc1cc(CNCCCCN2C(=O)c3ccccc3C2=O)ccc1OC(C)C. The average Bonchev–Trinajstić information content (AvgIpc) is 2.96. The Labute approximate surface area is 171 Å². The molecule has 0 bridgehead atoms. The van der Waals surface area contributed by atoms with Crippen LogP contribution in [0.1, 0.15) is 53.0 Å². The van der Waals surface area contributed by atoms with E-state index in [1.165, 1.54) is 4.90 Å². The van der Waals surface area contributed by atoms with Crippen molar-refractivity contribution in [2.45, 2.75) is 39.3 Å². The van der Waals surface area contributed by atoms with Gasteiger partial charge in [0.2, 0.25) is 0 Å². The van der Waals surface area contributed by atoms with Crippen LogP contribution in [-0.4, -0.2) is 43.0 Å². The summed E-state index contributed by atoms with van der Waals surface area (Å²) in [6, 6.07) is 12.9. The summed E-state index contributed by atoms with van der Waals surface area (Å²) in [5.74, 6) is 1.10. The number of nitrogens with zero attached hydrogens (tertiary/aromatic N) is 1. The molecule has 0 atom stereocenters. The standard InChI is InChI=1S/C23H28N2O4/c1-16(2)29-20-11-10-17(14-21(20)28-3)15-24-12-6-7-13-25-22(26)18-8-4-5-9-19(18)23(25)27/h4-5,8-11,14,16,24H,6-7,12-13,15H2,1-3H3. The van der Waals surface area contributed by atoms with E-state index in [1.54, 1.807) is 31.4 Å². The monoisotopic (exact) mass is 396 g/mol. The van der Waals surface area contributed by atoms with Crippen LogP contribution < -0.4 is 14.8 Å². The molecule has 6 heteroatoms. The highest BCUT2D eigenvalue weighted by molar-refractivity contribution is 6.21. The number of methoxy groups -OCH3 is 1. The fraction of sp³-hybridized carbons (Fsp3) is 0.391. The first kappa shape index (κ1) is 20.9. The van der Waals surface area contributed by atoms with Crippen LogP contribution in [0.15, 0.2) is 42.5 Å². The largest absolute Gasteiger partial charge is 0.493 e. The van der Waals surface area contributed by atoms with Gasteiger partial charge >= 0.3 is 0 Å². The molecule has 3 rings (SSSR count). The maximum absolute atomic E-state index is 12.3. The third-order valence-corrected chi connectivity index (χ3v) is 4.78. The molecule has 0 saturated carbocycles. The van der Waals surface area contributed by atoms with Crippen molar-refractivity contribution in [2.75, 3.05) is 20.2 Å². The van der Waals surface area contributed by atoms with Gasteiger partial charge in [0.15, 0.2) is 11.5 Å². The number of hydrogen-bond acceptors (Lipinski definition) is 5. The van der Waals surface area contributed by atoms with Gasteiger partial charge in [-0.15, -0.1) is 0 Å². The highest BCUT2D eigenvalue weighted by Crippen LogP contribution is 2.29. The first-order valence-corrected chi connectivity index (χ1v) is 10.0. The number of hydrogen-bond donors (Lipinski definition) is 1. The summed E-state index contributed by atoms with van der Waals surface area (Å²) in [6.07, 6.45) is 1.73. The van der Waals surface area contributed by atoms with Gasteiger partial charge in [0, 0.05) is 13.1 Å². The highest BCUT2D eigenvalue weighted by Gasteiger charge is 2.34. The maximum atomic E-state index is 12.3. The van der Waals surface area contributed by atoms with E-state index < -0.39 is 0 Å². The van der Waals surface area contributed by atoms with Gasteiger partial charge in [-0.3, -0.25) is 14.5 Å². The predicted octanol–water partition coefficient (Wildman–Crippen LogP) is 3.65. The third kappa shape index (κ3) is 4.95. The third-order valence-electron chi connectivity index (χ3n) is 4.78. The van der Waals surface area contributed by atoms with Crippen molar-refractivity contribution >= 4 is 11.8 Å². The molecule has 0 spiro atoms. The Morgan fingerprint density at radius 1 is 0.966 bits per heavy atom. The highest BCUT2D eigenvalue weighted by atomic mass is 16.5. The number of rotatable bonds is 10. The first-order chi connectivity index (χ1) is 14.0. The number of carbonyl (C=O) groups is 2. The van der Waals surface area contributed by atoms with E-state index >= 15 is 0 Å². The fourth-order valence-electron chi connectivity index (χ4n) is 3.37. The lowest BCUT2D eigenvalue weighted by Crippen LogP contribution is -2.31. The second-order valence-electron chi connectivity index (χ2n) is 7.34. The van der Waals surface area contributed by atoms with E-state index in [-0.39, 0.29) is 17.9 Å². The van der Waals surface area contributed by atoms with Crippen LogP contribution >= 0.6 is 0 Å². The van der Waals surface area contributed by atoms with Gasteiger partial charge in [-0.05, 0) is 63.1 Å². The van der Waals surface area contributed by atoms with Gasteiger partial charge in [0.05, 0.1) is 24.3 Å². The molecule has 0 aromatic heterocycles. The Balaban J connectivity index is 1.41. The number of carbonyl (C=O) groups excluding carboxylic acids is 2. The van der Waals surface area contributed by atoms with Crippen LogP contribution in [0.25, 0.3) is 0 Å². The van der Waals surface area contributed by atoms with Crippen LogP contribution in [-0.2, 0) is 6.54 Å². The zero-order valence-electron chi connectivity index (χ0n) is 17.2. The van der Waals surface area contributed by atoms with Gasteiger partial charge < -0.3 is 14.8 Å². The Kier molecular flexibility index (Phi) is 6.88. The predicted molar refractivity (Wildman–Crippen MR) is 112 cm³/mol. The number of benzene rings is 2. The molecule has 0 saturated heterocycles. The molecule has 2 amide bonds. The van der Waals surface area contributed by atoms with Crippen molar-refractivity contribution in [1.82, 2.24) is 10.2 Å². The molecule has 0 unspecified atom stereocenters. The van der Waals surface area contributed by atoms with Crippen molar-refractivity contribution < 1.29 is 19.1 Å². The number of amides is 2. The number of unbranched alkanes of at least 4 members (excludes halogenated alkanes) is 1. The molecule has 1 N–H and O–H groups in total. The molecule has 0 aliphatic carbocycles. The molecule has 154 valence electrons. The summed E-state index contributed by atoms with van der Waals surface area (Å²) in [7, 11) is 1.64. The van der Waals surface area contributed by atoms with Crippen LogP contribution in [0.4, 0.5) is 0 Å². The lowest BCUT2D eigenvalue weighted by atomic mass is 10.1. The molecule has 2 aromatic rings. The molecule has 6 nitrogen and oxygen atoms in total. The molecular formula is C23H28N2O4. The first-order valence-electron chi connectivity index (χ1n) is 10.0. The summed E-state index contributed by atoms with van der Waals surface area (Å²) in [6.45, 7) is 5.93. The lowest BCUT2D eigenvalue weighted by molar-refractivity contribution is 0.0651. The van der Waals surface area contributed by atoms with Crippen molar-refractivity contribution in [3.8, 4) is 11.5 Å². The Morgan fingerprint density at radius 3 is 2.28 bits per heavy atom. The van der Waals surface area contributed by atoms with Gasteiger partial charge in [-0.1, -0.05) is 18.2 Å². The van der Waals surface area contributed by atoms with Crippen molar-refractivity contribution in [3.63, 3.8) is 0 Å². The summed E-state index contributed by atoms with van der Waals surface area (Å²) in [5, 5.41) is 3.39. The molecular weight excluding hydrogens is 368 g/mol. The van der Waals surface area contributed by atoms with Crippen molar-refractivity contribution in [2.24, 2.45) is 0 Å². The van der Waals surface area contributed by atoms with Gasteiger partial charge in [0.25, 0.3) is 11.8 Å². The van der Waals surface area contributed by atoms with E-state index in [0.717, 1.165) is 36.4 Å². The number of ether oxygens (including phenoxy) is 2. The van der Waals surface area contributed by atoms with Gasteiger partial charge in [0.1, 0.15) is 0 Å². The Morgan fingerprint density at radius 2 is 1.66 bits per heavy atom. The number of fused-ring (bicyclic) bond motifs is 1. The number of imide groups is 1. The van der Waals surface area contributed by atoms with E-state index in [1.807, 2.05) is 32.0 Å². The topological polar surface area (TPSA) is 67.9 Å². The minimum atomic E-state index is -0.186. The molecule has 1 heterocycles. The molecule has 1 aliphatic heterocycles. The van der Waals surface area contributed by atoms with Crippen molar-refractivity contribution in [1.29, 1.82) is 0 Å². The summed E-state index contributed by atoms with van der Waals surface area (Å²) in [5.41, 5.74) is 2.13. The lowest BCUT2D eigenvalue weighted by Gasteiger charge is -2.15. The molecule has 29 heavy (non-hydrogen) atoms. The van der Waals surface area contributed by atoms with Gasteiger partial charge in [-0.2, -0.15) is 0 Å². The molecule has 1 aliphatic rings. The number of nitrogens with one attached hydrogen (secondary N) is 1. The summed E-state index contributed by atoms with van der Waals surface area (Å²) in [4.78, 5) is 26.0. The van der Waals surface area contributed by atoms with E-state index in [0.29, 0.717) is 24.2 Å². The van der Waals surface area contributed by atoms with Gasteiger partial charge in [-0.25, -0.2) is 0 Å². The Bertz CT molecular complexity index is 844. The second-order valence-corrected chi connectivity index (χ2v) is 7.34. The van der Waals surface area contributed by atoms with Crippen LogP contribution in [0.3, 0.4) is 0 Å². The summed E-state index contributed by atoms with van der Waals surface area (Å²) >= 11 is 0. The zero-order valence-corrected chi connectivity index (χ0v) is 17.2. The average molecular weight is 396 g/mol. The maximum Gasteiger partial charge on any atom is 0.261 e. The second kappa shape index (κ2) is 9.56. The Hall–Kier alpha value is -2.86. The minimum absolute atomic E-state index is 0.0926. The molecule has 0 radical (unpaired) electrons.